The zero-order valence-electron chi connectivity index (χ0n) is 22.1. The third kappa shape index (κ3) is 15.6. The molecule has 4 unspecified atom stereocenters. The lowest BCUT2D eigenvalue weighted by Crippen LogP contribution is -2.28. The van der Waals surface area contributed by atoms with Gasteiger partial charge in [0.2, 0.25) is 0 Å². The SMILES string of the molecule is CC1CCCCC1OCCOCCOC1CCCCC1C.CCCCCOCCCCC. The van der Waals surface area contributed by atoms with E-state index in [1.165, 1.54) is 89.9 Å². The molecule has 0 aromatic carbocycles. The molecule has 32 heavy (non-hydrogen) atoms. The summed E-state index contributed by atoms with van der Waals surface area (Å²) < 4.78 is 23.0. The minimum Gasteiger partial charge on any atom is -0.381 e. The molecule has 2 fully saturated rings. The molecule has 4 atom stereocenters. The lowest BCUT2D eigenvalue weighted by molar-refractivity contribution is -0.0577. The third-order valence-corrected chi connectivity index (χ3v) is 6.97. The maximum Gasteiger partial charge on any atom is 0.0704 e. The summed E-state index contributed by atoms with van der Waals surface area (Å²) in [5.74, 6) is 1.43. The van der Waals surface area contributed by atoms with Gasteiger partial charge in [-0.05, 0) is 50.4 Å². The summed E-state index contributed by atoms with van der Waals surface area (Å²) in [5, 5.41) is 0. The van der Waals surface area contributed by atoms with E-state index in [4.69, 9.17) is 18.9 Å². The van der Waals surface area contributed by atoms with Gasteiger partial charge in [-0.15, -0.1) is 0 Å². The summed E-state index contributed by atoms with van der Waals surface area (Å²) in [4.78, 5) is 0. The van der Waals surface area contributed by atoms with E-state index in [2.05, 4.69) is 27.7 Å². The molecular formula is C28H56O4. The van der Waals surface area contributed by atoms with Gasteiger partial charge in [0.15, 0.2) is 0 Å². The summed E-state index contributed by atoms with van der Waals surface area (Å²) in [6.07, 6.45) is 19.1. The van der Waals surface area contributed by atoms with Crippen LogP contribution in [0.4, 0.5) is 0 Å². The van der Waals surface area contributed by atoms with Gasteiger partial charge in [-0.3, -0.25) is 0 Å². The zero-order valence-corrected chi connectivity index (χ0v) is 22.1. The Balaban J connectivity index is 0.000000396. The fourth-order valence-electron chi connectivity index (χ4n) is 4.69. The van der Waals surface area contributed by atoms with Gasteiger partial charge < -0.3 is 18.9 Å². The van der Waals surface area contributed by atoms with Crippen LogP contribution in [0, 0.1) is 11.8 Å². The molecular weight excluding hydrogens is 400 g/mol. The number of ether oxygens (including phenoxy) is 4. The van der Waals surface area contributed by atoms with Crippen molar-refractivity contribution in [2.24, 2.45) is 11.8 Å². The summed E-state index contributed by atoms with van der Waals surface area (Å²) in [7, 11) is 0. The van der Waals surface area contributed by atoms with Crippen LogP contribution in [0.3, 0.4) is 0 Å². The number of hydrogen-bond acceptors (Lipinski definition) is 4. The Bertz CT molecular complexity index is 356. The monoisotopic (exact) mass is 456 g/mol. The highest BCUT2D eigenvalue weighted by molar-refractivity contribution is 4.73. The molecule has 0 spiro atoms. The first-order valence-electron chi connectivity index (χ1n) is 14.1. The molecule has 0 amide bonds. The van der Waals surface area contributed by atoms with E-state index < -0.39 is 0 Å². The average molecular weight is 457 g/mol. The molecule has 0 aliphatic heterocycles. The van der Waals surface area contributed by atoms with E-state index in [1.54, 1.807) is 0 Å². The van der Waals surface area contributed by atoms with Crippen molar-refractivity contribution in [1.82, 2.24) is 0 Å². The molecule has 2 saturated carbocycles. The largest absolute Gasteiger partial charge is 0.381 e. The zero-order chi connectivity index (χ0) is 23.3. The van der Waals surface area contributed by atoms with Gasteiger partial charge >= 0.3 is 0 Å². The first-order valence-corrected chi connectivity index (χ1v) is 14.1. The molecule has 4 heteroatoms. The highest BCUT2D eigenvalue weighted by Gasteiger charge is 2.22. The Kier molecular flexibility index (Phi) is 20.0. The van der Waals surface area contributed by atoms with Crippen LogP contribution < -0.4 is 0 Å². The molecule has 0 saturated heterocycles. The highest BCUT2D eigenvalue weighted by atomic mass is 16.5. The van der Waals surface area contributed by atoms with Crippen LogP contribution in [0.25, 0.3) is 0 Å². The smallest absolute Gasteiger partial charge is 0.0704 e. The standard InChI is InChI=1S/C18H34O3.C10H22O/c1-15-7-3-5-9-17(15)20-13-11-19-12-14-21-18-10-6-4-8-16(18)2;1-3-5-7-9-11-10-8-6-4-2/h15-18H,3-14H2,1-2H3;3-10H2,1-2H3. The minimum atomic E-state index is 0.460. The predicted molar refractivity (Wildman–Crippen MR) is 135 cm³/mol. The molecule has 4 nitrogen and oxygen atoms in total. The quantitative estimate of drug-likeness (QED) is 0.224. The molecule has 2 rings (SSSR count). The van der Waals surface area contributed by atoms with Gasteiger partial charge in [0.1, 0.15) is 0 Å². The molecule has 0 aromatic heterocycles. The normalized spacial score (nSPS) is 25.9. The second-order valence-corrected chi connectivity index (χ2v) is 9.98. The molecule has 2 aliphatic rings. The predicted octanol–water partition coefficient (Wildman–Crippen LogP) is 7.58. The Morgan fingerprint density at radius 3 is 1.31 bits per heavy atom. The van der Waals surface area contributed by atoms with Crippen LogP contribution in [0.2, 0.25) is 0 Å². The van der Waals surface area contributed by atoms with Crippen molar-refractivity contribution in [2.75, 3.05) is 39.6 Å². The molecule has 0 aromatic rings. The van der Waals surface area contributed by atoms with E-state index in [9.17, 15) is 0 Å². The van der Waals surface area contributed by atoms with E-state index in [0.29, 0.717) is 25.4 Å². The van der Waals surface area contributed by atoms with Crippen LogP contribution in [0.5, 0.6) is 0 Å². The number of hydrogen-bond donors (Lipinski definition) is 0. The lowest BCUT2D eigenvalue weighted by atomic mass is 9.88. The molecule has 0 heterocycles. The highest BCUT2D eigenvalue weighted by Crippen LogP contribution is 2.27. The number of rotatable bonds is 16. The van der Waals surface area contributed by atoms with Crippen LogP contribution in [-0.4, -0.2) is 51.8 Å². The van der Waals surface area contributed by atoms with Gasteiger partial charge in [0.05, 0.1) is 38.6 Å². The molecule has 0 radical (unpaired) electrons. The van der Waals surface area contributed by atoms with E-state index in [0.717, 1.165) is 38.3 Å². The average Bonchev–Trinajstić information content (AvgIpc) is 2.80. The second kappa shape index (κ2) is 21.4. The Morgan fingerprint density at radius 1 is 0.500 bits per heavy atom. The fraction of sp³-hybridized carbons (Fsp3) is 1.00. The molecule has 0 N–H and O–H groups in total. The minimum absolute atomic E-state index is 0.460. The summed E-state index contributed by atoms with van der Waals surface area (Å²) in [6, 6.07) is 0. The topological polar surface area (TPSA) is 36.9 Å². The van der Waals surface area contributed by atoms with Crippen molar-refractivity contribution in [2.45, 2.75) is 130 Å². The third-order valence-electron chi connectivity index (χ3n) is 6.97. The summed E-state index contributed by atoms with van der Waals surface area (Å²) in [5.41, 5.74) is 0. The Labute approximate surface area is 200 Å². The maximum atomic E-state index is 5.94. The first kappa shape index (κ1) is 29.9. The second-order valence-electron chi connectivity index (χ2n) is 9.98. The van der Waals surface area contributed by atoms with E-state index in [-0.39, 0.29) is 0 Å². The van der Waals surface area contributed by atoms with Crippen molar-refractivity contribution in [3.05, 3.63) is 0 Å². The lowest BCUT2D eigenvalue weighted by Gasteiger charge is -2.29. The van der Waals surface area contributed by atoms with Gasteiger partial charge in [-0.1, -0.05) is 79.1 Å². The summed E-state index contributed by atoms with van der Waals surface area (Å²) in [6.45, 7) is 13.9. The van der Waals surface area contributed by atoms with Crippen molar-refractivity contribution in [3.63, 3.8) is 0 Å². The maximum absolute atomic E-state index is 5.94. The van der Waals surface area contributed by atoms with Crippen molar-refractivity contribution in [3.8, 4) is 0 Å². The van der Waals surface area contributed by atoms with Crippen LogP contribution in [-0.2, 0) is 18.9 Å². The van der Waals surface area contributed by atoms with Crippen LogP contribution in [0.15, 0.2) is 0 Å². The van der Waals surface area contributed by atoms with Gasteiger partial charge in [0.25, 0.3) is 0 Å². The van der Waals surface area contributed by atoms with Crippen LogP contribution >= 0.6 is 0 Å². The Hall–Kier alpha value is -0.160. The van der Waals surface area contributed by atoms with Gasteiger partial charge in [0, 0.05) is 13.2 Å². The fourth-order valence-corrected chi connectivity index (χ4v) is 4.69. The molecule has 2 aliphatic carbocycles. The van der Waals surface area contributed by atoms with E-state index in [1.807, 2.05) is 0 Å². The first-order chi connectivity index (χ1) is 15.7. The summed E-state index contributed by atoms with van der Waals surface area (Å²) >= 11 is 0. The van der Waals surface area contributed by atoms with Crippen LogP contribution in [0.1, 0.15) is 118 Å². The van der Waals surface area contributed by atoms with Crippen molar-refractivity contribution >= 4 is 0 Å². The van der Waals surface area contributed by atoms with Crippen molar-refractivity contribution in [1.29, 1.82) is 0 Å². The van der Waals surface area contributed by atoms with Crippen molar-refractivity contribution < 1.29 is 18.9 Å². The Morgan fingerprint density at radius 2 is 0.906 bits per heavy atom. The molecule has 192 valence electrons. The number of unbranched alkanes of at least 4 members (excludes halogenated alkanes) is 4. The van der Waals surface area contributed by atoms with Gasteiger partial charge in [-0.2, -0.15) is 0 Å². The molecule has 0 bridgehead atoms. The van der Waals surface area contributed by atoms with Gasteiger partial charge in [-0.25, -0.2) is 0 Å². The van der Waals surface area contributed by atoms with E-state index >= 15 is 0 Å².